The standard InChI is InChI=1S/C32H39N3O2/c1-4-24(2)27-17-13-26(14-18-27)23-35-30-11-8-7-10-29(30)34-31(35)12-6-5-9-21-33-32(36)22-25-15-19-28(37-3)20-16-25/h7-8,10-11,13-20,24H,4-6,9,12,21-23H2,1-3H3,(H,33,36). The van der Waals surface area contributed by atoms with E-state index < -0.39 is 0 Å². The van der Waals surface area contributed by atoms with Gasteiger partial charge in [-0.2, -0.15) is 0 Å². The van der Waals surface area contributed by atoms with Crippen LogP contribution in [-0.4, -0.2) is 29.1 Å². The van der Waals surface area contributed by atoms with Crippen LogP contribution in [0.1, 0.15) is 68.0 Å². The number of nitrogens with zero attached hydrogens (tertiary/aromatic N) is 2. The largest absolute Gasteiger partial charge is 0.497 e. The van der Waals surface area contributed by atoms with Crippen LogP contribution >= 0.6 is 0 Å². The van der Waals surface area contributed by atoms with Gasteiger partial charge in [-0.15, -0.1) is 0 Å². The van der Waals surface area contributed by atoms with Crippen molar-refractivity contribution >= 4 is 16.9 Å². The first-order chi connectivity index (χ1) is 18.1. The Hall–Kier alpha value is -3.60. The van der Waals surface area contributed by atoms with Crippen molar-refractivity contribution < 1.29 is 9.53 Å². The predicted molar refractivity (Wildman–Crippen MR) is 151 cm³/mol. The van der Waals surface area contributed by atoms with Crippen LogP contribution in [0, 0.1) is 0 Å². The zero-order valence-electron chi connectivity index (χ0n) is 22.4. The van der Waals surface area contributed by atoms with Gasteiger partial charge < -0.3 is 14.6 Å². The first-order valence-electron chi connectivity index (χ1n) is 13.5. The highest BCUT2D eigenvalue weighted by atomic mass is 16.5. The molecule has 0 radical (unpaired) electrons. The van der Waals surface area contributed by atoms with Crippen molar-refractivity contribution in [3.05, 3.63) is 95.3 Å². The van der Waals surface area contributed by atoms with E-state index in [9.17, 15) is 4.79 Å². The Balaban J connectivity index is 1.27. The first-order valence-corrected chi connectivity index (χ1v) is 13.5. The van der Waals surface area contributed by atoms with Gasteiger partial charge in [0.25, 0.3) is 0 Å². The van der Waals surface area contributed by atoms with E-state index in [-0.39, 0.29) is 5.91 Å². The molecule has 4 rings (SSSR count). The molecule has 1 amide bonds. The third-order valence-corrected chi connectivity index (χ3v) is 7.16. The fourth-order valence-electron chi connectivity index (χ4n) is 4.67. The molecule has 1 heterocycles. The number of fused-ring (bicyclic) bond motifs is 1. The zero-order chi connectivity index (χ0) is 26.0. The molecule has 0 aliphatic heterocycles. The normalized spacial score (nSPS) is 12.0. The molecular weight excluding hydrogens is 458 g/mol. The number of hydrogen-bond acceptors (Lipinski definition) is 3. The molecule has 37 heavy (non-hydrogen) atoms. The van der Waals surface area contributed by atoms with Crippen LogP contribution in [0.25, 0.3) is 11.0 Å². The Morgan fingerprint density at radius 1 is 0.946 bits per heavy atom. The average Bonchev–Trinajstić information content (AvgIpc) is 3.28. The summed E-state index contributed by atoms with van der Waals surface area (Å²) in [5, 5.41) is 3.05. The molecule has 194 valence electrons. The summed E-state index contributed by atoms with van der Waals surface area (Å²) in [5.41, 5.74) is 5.94. The molecular formula is C32H39N3O2. The maximum Gasteiger partial charge on any atom is 0.224 e. The molecule has 0 bridgehead atoms. The fraction of sp³-hybridized carbons (Fsp3) is 0.375. The lowest BCUT2D eigenvalue weighted by Gasteiger charge is -2.12. The summed E-state index contributed by atoms with van der Waals surface area (Å²) in [6.07, 6.45) is 5.54. The molecule has 0 aliphatic rings. The highest BCUT2D eigenvalue weighted by Gasteiger charge is 2.12. The van der Waals surface area contributed by atoms with Crippen LogP contribution in [0.15, 0.2) is 72.8 Å². The number of ether oxygens (including phenoxy) is 1. The van der Waals surface area contributed by atoms with Crippen molar-refractivity contribution in [1.82, 2.24) is 14.9 Å². The average molecular weight is 498 g/mol. The molecule has 5 nitrogen and oxygen atoms in total. The molecule has 1 N–H and O–H groups in total. The minimum absolute atomic E-state index is 0.0614. The van der Waals surface area contributed by atoms with E-state index in [0.717, 1.165) is 61.3 Å². The summed E-state index contributed by atoms with van der Waals surface area (Å²) in [6.45, 7) is 6.05. The minimum atomic E-state index is 0.0614. The predicted octanol–water partition coefficient (Wildman–Crippen LogP) is 6.68. The van der Waals surface area contributed by atoms with Crippen molar-refractivity contribution in [2.75, 3.05) is 13.7 Å². The van der Waals surface area contributed by atoms with Gasteiger partial charge in [0.05, 0.1) is 24.6 Å². The summed E-state index contributed by atoms with van der Waals surface area (Å²) >= 11 is 0. The minimum Gasteiger partial charge on any atom is -0.497 e. The topological polar surface area (TPSA) is 56.2 Å². The van der Waals surface area contributed by atoms with Gasteiger partial charge in [-0.1, -0.05) is 68.8 Å². The summed E-state index contributed by atoms with van der Waals surface area (Å²) < 4.78 is 7.54. The summed E-state index contributed by atoms with van der Waals surface area (Å²) in [7, 11) is 1.64. The van der Waals surface area contributed by atoms with Gasteiger partial charge in [-0.05, 0) is 66.1 Å². The number of hydrogen-bond donors (Lipinski definition) is 1. The number of aromatic nitrogens is 2. The van der Waals surface area contributed by atoms with Gasteiger partial charge in [0.15, 0.2) is 0 Å². The van der Waals surface area contributed by atoms with Gasteiger partial charge in [0.2, 0.25) is 5.91 Å². The molecule has 1 aromatic heterocycles. The number of carbonyl (C=O) groups excluding carboxylic acids is 1. The number of unbranched alkanes of at least 4 members (excludes halogenated alkanes) is 2. The van der Waals surface area contributed by atoms with E-state index in [1.54, 1.807) is 7.11 Å². The Bertz CT molecular complexity index is 1280. The molecule has 0 aliphatic carbocycles. The van der Waals surface area contributed by atoms with Crippen LogP contribution in [-0.2, 0) is 24.2 Å². The lowest BCUT2D eigenvalue weighted by Crippen LogP contribution is -2.26. The highest BCUT2D eigenvalue weighted by Crippen LogP contribution is 2.22. The SMILES string of the molecule is CCC(C)c1ccc(Cn2c(CCCCCNC(=O)Cc3ccc(OC)cc3)nc3ccccc32)cc1. The number of carbonyl (C=O) groups is 1. The van der Waals surface area contributed by atoms with Crippen molar-refractivity contribution in [3.8, 4) is 5.75 Å². The number of methoxy groups -OCH3 is 1. The van der Waals surface area contributed by atoms with Gasteiger partial charge in [-0.3, -0.25) is 4.79 Å². The summed E-state index contributed by atoms with van der Waals surface area (Å²) in [6, 6.07) is 25.1. The van der Waals surface area contributed by atoms with Crippen molar-refractivity contribution in [2.45, 2.75) is 64.8 Å². The third-order valence-electron chi connectivity index (χ3n) is 7.16. The molecule has 5 heteroatoms. The first kappa shape index (κ1) is 26.5. The van der Waals surface area contributed by atoms with Gasteiger partial charge in [0, 0.05) is 19.5 Å². The lowest BCUT2D eigenvalue weighted by atomic mass is 9.97. The number of para-hydroxylation sites is 2. The van der Waals surface area contributed by atoms with E-state index in [1.807, 2.05) is 24.3 Å². The molecule has 0 saturated heterocycles. The van der Waals surface area contributed by atoms with E-state index in [2.05, 4.69) is 72.3 Å². The second-order valence-corrected chi connectivity index (χ2v) is 9.84. The van der Waals surface area contributed by atoms with Crippen molar-refractivity contribution in [3.63, 3.8) is 0 Å². The van der Waals surface area contributed by atoms with Crippen LogP contribution < -0.4 is 10.1 Å². The zero-order valence-corrected chi connectivity index (χ0v) is 22.4. The van der Waals surface area contributed by atoms with Gasteiger partial charge >= 0.3 is 0 Å². The third kappa shape index (κ3) is 7.22. The Kier molecular flexibility index (Phi) is 9.36. The molecule has 3 aromatic carbocycles. The van der Waals surface area contributed by atoms with E-state index in [1.165, 1.54) is 16.6 Å². The maximum absolute atomic E-state index is 12.3. The fourth-order valence-corrected chi connectivity index (χ4v) is 4.67. The quantitative estimate of drug-likeness (QED) is 0.210. The van der Waals surface area contributed by atoms with Crippen molar-refractivity contribution in [1.29, 1.82) is 0 Å². The maximum atomic E-state index is 12.3. The summed E-state index contributed by atoms with van der Waals surface area (Å²) in [4.78, 5) is 17.2. The molecule has 4 aromatic rings. The van der Waals surface area contributed by atoms with Gasteiger partial charge in [0.1, 0.15) is 11.6 Å². The van der Waals surface area contributed by atoms with Crippen LogP contribution in [0.2, 0.25) is 0 Å². The number of benzene rings is 3. The Morgan fingerprint density at radius 2 is 1.68 bits per heavy atom. The van der Waals surface area contributed by atoms with Gasteiger partial charge in [-0.25, -0.2) is 4.98 Å². The van der Waals surface area contributed by atoms with E-state index >= 15 is 0 Å². The van der Waals surface area contributed by atoms with E-state index in [4.69, 9.17) is 9.72 Å². The molecule has 0 spiro atoms. The van der Waals surface area contributed by atoms with Crippen LogP contribution in [0.4, 0.5) is 0 Å². The smallest absolute Gasteiger partial charge is 0.224 e. The summed E-state index contributed by atoms with van der Waals surface area (Å²) in [5.74, 6) is 2.59. The Labute approximate surface area is 220 Å². The molecule has 0 fully saturated rings. The van der Waals surface area contributed by atoms with Crippen molar-refractivity contribution in [2.24, 2.45) is 0 Å². The van der Waals surface area contributed by atoms with Crippen LogP contribution in [0.3, 0.4) is 0 Å². The Morgan fingerprint density at radius 3 is 2.41 bits per heavy atom. The number of rotatable bonds is 13. The highest BCUT2D eigenvalue weighted by molar-refractivity contribution is 5.78. The monoisotopic (exact) mass is 497 g/mol. The molecule has 1 atom stereocenters. The molecule has 1 unspecified atom stereocenters. The lowest BCUT2D eigenvalue weighted by molar-refractivity contribution is -0.120. The number of nitrogens with one attached hydrogen (secondary N) is 1. The second-order valence-electron chi connectivity index (χ2n) is 9.84. The number of aryl methyl sites for hydroxylation is 1. The van der Waals surface area contributed by atoms with Crippen LogP contribution in [0.5, 0.6) is 5.75 Å². The number of imidazole rings is 1. The van der Waals surface area contributed by atoms with E-state index in [0.29, 0.717) is 18.9 Å². The number of amides is 1. The molecule has 0 saturated carbocycles. The second kappa shape index (κ2) is 13.1.